The minimum absolute atomic E-state index is 0.102. The van der Waals surface area contributed by atoms with Crippen LogP contribution in [0.15, 0.2) is 0 Å². The van der Waals surface area contributed by atoms with Crippen LogP contribution < -0.4 is 0 Å². The lowest BCUT2D eigenvalue weighted by molar-refractivity contribution is -0.108. The summed E-state index contributed by atoms with van der Waals surface area (Å²) in [6, 6.07) is 0. The molecule has 0 heterocycles. The molecule has 6 nitrogen and oxygen atoms in total. The number of hydrogen-bond donors (Lipinski definition) is 3. The van der Waals surface area contributed by atoms with Crippen LogP contribution in [0.2, 0.25) is 0 Å². The Labute approximate surface area is 69.4 Å². The Kier molecular flexibility index (Phi) is 5.28. The highest BCUT2D eigenvalue weighted by Gasteiger charge is 2.20. The number of rotatable bonds is 6. The van der Waals surface area contributed by atoms with Crippen LogP contribution in [0.4, 0.5) is 0 Å². The van der Waals surface area contributed by atoms with Crippen molar-refractivity contribution >= 4 is 14.1 Å². The van der Waals surface area contributed by atoms with Crippen LogP contribution in [0.1, 0.15) is 12.8 Å². The van der Waals surface area contributed by atoms with Crippen molar-refractivity contribution in [2.75, 3.05) is 6.61 Å². The standard InChI is InChI=1S/C5H11O6P/c6-3-1-2-5(4-7)11-12(8,9)10/h3,5,7H,1-2,4H2,(H2,8,9,10)/t5-/m0/s1. The van der Waals surface area contributed by atoms with Crippen LogP contribution in [-0.4, -0.2) is 33.9 Å². The highest BCUT2D eigenvalue weighted by atomic mass is 31.2. The number of aliphatic hydroxyl groups is 1. The third-order valence-corrected chi connectivity index (χ3v) is 1.67. The van der Waals surface area contributed by atoms with Crippen LogP contribution in [0, 0.1) is 0 Å². The van der Waals surface area contributed by atoms with E-state index in [1.165, 1.54) is 0 Å². The average molecular weight is 198 g/mol. The molecule has 3 N–H and O–H groups in total. The molecule has 0 aromatic heterocycles. The molecule has 0 aliphatic rings. The van der Waals surface area contributed by atoms with Gasteiger partial charge in [-0.2, -0.15) is 0 Å². The summed E-state index contributed by atoms with van der Waals surface area (Å²) in [6.07, 6.45) is -0.182. The molecule has 0 saturated carbocycles. The van der Waals surface area contributed by atoms with E-state index in [9.17, 15) is 9.36 Å². The van der Waals surface area contributed by atoms with E-state index < -0.39 is 20.5 Å². The van der Waals surface area contributed by atoms with Gasteiger partial charge in [0.25, 0.3) is 0 Å². The largest absolute Gasteiger partial charge is 0.469 e. The first-order valence-corrected chi connectivity index (χ1v) is 4.81. The van der Waals surface area contributed by atoms with Crippen molar-refractivity contribution in [3.8, 4) is 0 Å². The predicted octanol–water partition coefficient (Wildman–Crippen LogP) is -0.564. The fourth-order valence-corrected chi connectivity index (χ4v) is 1.19. The number of aliphatic hydroxyl groups excluding tert-OH is 1. The van der Waals surface area contributed by atoms with Crippen LogP contribution in [0.25, 0.3) is 0 Å². The summed E-state index contributed by atoms with van der Waals surface area (Å²) in [5, 5.41) is 8.53. The molecule has 7 heteroatoms. The van der Waals surface area contributed by atoms with Gasteiger partial charge in [-0.1, -0.05) is 0 Å². The molecule has 12 heavy (non-hydrogen) atoms. The fraction of sp³-hybridized carbons (Fsp3) is 0.800. The van der Waals surface area contributed by atoms with Gasteiger partial charge in [0.2, 0.25) is 0 Å². The molecule has 0 aromatic rings. The zero-order valence-electron chi connectivity index (χ0n) is 6.29. The molecule has 0 amide bonds. The number of carbonyl (C=O) groups excluding carboxylic acids is 1. The fourth-order valence-electron chi connectivity index (χ4n) is 0.625. The first-order valence-electron chi connectivity index (χ1n) is 3.28. The average Bonchev–Trinajstić information content (AvgIpc) is 1.95. The minimum atomic E-state index is -4.55. The Hall–Kier alpha value is -0.260. The first-order chi connectivity index (χ1) is 5.49. The lowest BCUT2D eigenvalue weighted by Gasteiger charge is -2.13. The van der Waals surface area contributed by atoms with Gasteiger partial charge in [-0.25, -0.2) is 4.57 Å². The normalized spacial score (nSPS) is 14.2. The molecular formula is C5H11O6P. The maximum atomic E-state index is 10.2. The van der Waals surface area contributed by atoms with Crippen molar-refractivity contribution < 1.29 is 28.8 Å². The Morgan fingerprint density at radius 1 is 1.50 bits per heavy atom. The lowest BCUT2D eigenvalue weighted by atomic mass is 10.2. The third-order valence-electron chi connectivity index (χ3n) is 1.10. The van der Waals surface area contributed by atoms with Gasteiger partial charge in [0, 0.05) is 6.42 Å². The number of phosphoric ester groups is 1. The van der Waals surface area contributed by atoms with Gasteiger partial charge in [-0.15, -0.1) is 0 Å². The van der Waals surface area contributed by atoms with Crippen molar-refractivity contribution in [1.29, 1.82) is 0 Å². The molecular weight excluding hydrogens is 187 g/mol. The molecule has 0 radical (unpaired) electrons. The Morgan fingerprint density at radius 3 is 2.42 bits per heavy atom. The summed E-state index contributed by atoms with van der Waals surface area (Å²) in [5.41, 5.74) is 0. The van der Waals surface area contributed by atoms with Gasteiger partial charge in [0.1, 0.15) is 6.29 Å². The van der Waals surface area contributed by atoms with E-state index in [1.807, 2.05) is 0 Å². The zero-order valence-corrected chi connectivity index (χ0v) is 7.18. The van der Waals surface area contributed by atoms with Gasteiger partial charge in [-0.05, 0) is 6.42 Å². The molecule has 0 fully saturated rings. The van der Waals surface area contributed by atoms with E-state index in [4.69, 9.17) is 14.9 Å². The summed E-state index contributed by atoms with van der Waals surface area (Å²) in [7, 11) is -4.55. The van der Waals surface area contributed by atoms with E-state index in [1.54, 1.807) is 0 Å². The van der Waals surface area contributed by atoms with Crippen LogP contribution in [0.5, 0.6) is 0 Å². The van der Waals surface area contributed by atoms with E-state index >= 15 is 0 Å². The number of carbonyl (C=O) groups is 1. The van der Waals surface area contributed by atoms with E-state index in [0.29, 0.717) is 6.29 Å². The summed E-state index contributed by atoms with van der Waals surface area (Å²) >= 11 is 0. The van der Waals surface area contributed by atoms with Crippen molar-refractivity contribution in [2.24, 2.45) is 0 Å². The highest BCUT2D eigenvalue weighted by Crippen LogP contribution is 2.38. The maximum Gasteiger partial charge on any atom is 0.469 e. The third kappa shape index (κ3) is 6.45. The molecule has 0 aliphatic carbocycles. The Balaban J connectivity index is 3.83. The van der Waals surface area contributed by atoms with Gasteiger partial charge < -0.3 is 19.7 Å². The summed E-state index contributed by atoms with van der Waals surface area (Å²) in [4.78, 5) is 26.5. The van der Waals surface area contributed by atoms with Gasteiger partial charge in [0.05, 0.1) is 12.7 Å². The number of hydrogen-bond acceptors (Lipinski definition) is 4. The molecule has 0 bridgehead atoms. The molecule has 0 aliphatic heterocycles. The monoisotopic (exact) mass is 198 g/mol. The van der Waals surface area contributed by atoms with Crippen LogP contribution >= 0.6 is 7.82 Å². The number of phosphoric acid groups is 1. The SMILES string of the molecule is O=CCC[C@@H](CO)OP(=O)(O)O. The van der Waals surface area contributed by atoms with Gasteiger partial charge in [-0.3, -0.25) is 4.52 Å². The molecule has 1 atom stereocenters. The lowest BCUT2D eigenvalue weighted by Crippen LogP contribution is -2.16. The van der Waals surface area contributed by atoms with Crippen LogP contribution in [-0.2, 0) is 13.9 Å². The maximum absolute atomic E-state index is 10.2. The highest BCUT2D eigenvalue weighted by molar-refractivity contribution is 7.46. The second-order valence-corrected chi connectivity index (χ2v) is 3.34. The zero-order chi connectivity index (χ0) is 9.61. The Morgan fingerprint density at radius 2 is 2.08 bits per heavy atom. The summed E-state index contributed by atoms with van der Waals surface area (Å²) < 4.78 is 14.4. The number of aldehydes is 1. The topological polar surface area (TPSA) is 104 Å². The van der Waals surface area contributed by atoms with Crippen molar-refractivity contribution in [1.82, 2.24) is 0 Å². The second kappa shape index (κ2) is 5.40. The summed E-state index contributed by atoms with van der Waals surface area (Å²) in [5.74, 6) is 0. The molecule has 0 unspecified atom stereocenters. The van der Waals surface area contributed by atoms with Gasteiger partial charge in [0.15, 0.2) is 0 Å². The van der Waals surface area contributed by atoms with E-state index in [-0.39, 0.29) is 12.8 Å². The quantitative estimate of drug-likeness (QED) is 0.390. The Bertz CT molecular complexity index is 175. The second-order valence-electron chi connectivity index (χ2n) is 2.14. The first kappa shape index (κ1) is 11.7. The smallest absolute Gasteiger partial charge is 0.394 e. The van der Waals surface area contributed by atoms with Crippen molar-refractivity contribution in [3.05, 3.63) is 0 Å². The predicted molar refractivity (Wildman–Crippen MR) is 39.3 cm³/mol. The molecule has 0 spiro atoms. The van der Waals surface area contributed by atoms with Crippen LogP contribution in [0.3, 0.4) is 0 Å². The van der Waals surface area contributed by atoms with Gasteiger partial charge >= 0.3 is 7.82 Å². The molecule has 72 valence electrons. The molecule has 0 aromatic carbocycles. The molecule has 0 saturated heterocycles. The van der Waals surface area contributed by atoms with E-state index in [2.05, 4.69) is 4.52 Å². The molecule has 0 rings (SSSR count). The minimum Gasteiger partial charge on any atom is -0.394 e. The van der Waals surface area contributed by atoms with Crippen molar-refractivity contribution in [3.63, 3.8) is 0 Å². The van der Waals surface area contributed by atoms with E-state index in [0.717, 1.165) is 0 Å². The summed E-state index contributed by atoms with van der Waals surface area (Å²) in [6.45, 7) is -0.515. The van der Waals surface area contributed by atoms with Crippen molar-refractivity contribution in [2.45, 2.75) is 18.9 Å².